The van der Waals surface area contributed by atoms with Crippen molar-refractivity contribution in [2.24, 2.45) is 0 Å². The molecule has 3 N–H and O–H groups in total. The molecular weight excluding hydrogens is 708 g/mol. The number of carbonyl (C=O) groups is 3. The summed E-state index contributed by atoms with van der Waals surface area (Å²) in [5.41, 5.74) is 2.74. The van der Waals surface area contributed by atoms with Crippen LogP contribution in [-0.4, -0.2) is 113 Å². The number of halogens is 2. The lowest BCUT2D eigenvalue weighted by Crippen LogP contribution is -2.58. The Balaban J connectivity index is 1.09. The highest BCUT2D eigenvalue weighted by molar-refractivity contribution is 9.11. The number of benzene rings is 2. The number of hydrogen-bond acceptors (Lipinski definition) is 6. The SMILES string of the molecule is O=C(N[C@H](Cc1cc(Br)c(O)c(Br)c1)C(=O)N1CCC(N2CCOCC2)CC1)N1CCC(N2Cc3ccccc3NC2=O)CC1. The number of carbonyl (C=O) groups excluding carboxylic acids is 3. The van der Waals surface area contributed by atoms with E-state index in [1.54, 1.807) is 17.0 Å². The van der Waals surface area contributed by atoms with Crippen LogP contribution in [0.4, 0.5) is 15.3 Å². The summed E-state index contributed by atoms with van der Waals surface area (Å²) < 4.78 is 6.54. The maximum absolute atomic E-state index is 14.0. The Kier molecular flexibility index (Phi) is 10.2. The van der Waals surface area contributed by atoms with E-state index in [1.807, 2.05) is 34.1 Å². The summed E-state index contributed by atoms with van der Waals surface area (Å²) >= 11 is 6.79. The first-order chi connectivity index (χ1) is 21.8. The molecule has 2 aromatic carbocycles. The zero-order valence-electron chi connectivity index (χ0n) is 25.2. The average molecular weight is 749 g/mol. The van der Waals surface area contributed by atoms with Gasteiger partial charge in [-0.15, -0.1) is 0 Å². The van der Waals surface area contributed by atoms with Crippen LogP contribution in [0.25, 0.3) is 0 Å². The molecule has 45 heavy (non-hydrogen) atoms. The van der Waals surface area contributed by atoms with E-state index in [2.05, 4.69) is 47.4 Å². The molecule has 0 spiro atoms. The maximum atomic E-state index is 14.0. The summed E-state index contributed by atoms with van der Waals surface area (Å²) in [6.07, 6.45) is 3.40. The maximum Gasteiger partial charge on any atom is 0.322 e. The van der Waals surface area contributed by atoms with Gasteiger partial charge in [0.1, 0.15) is 11.8 Å². The molecule has 2 aromatic rings. The number of piperidine rings is 2. The van der Waals surface area contributed by atoms with E-state index in [-0.39, 0.29) is 36.2 Å². The summed E-state index contributed by atoms with van der Waals surface area (Å²) in [7, 11) is 0. The number of anilines is 1. The lowest BCUT2D eigenvalue weighted by Gasteiger charge is -2.42. The Morgan fingerprint density at radius 3 is 2.24 bits per heavy atom. The number of fused-ring (bicyclic) bond motifs is 1. The van der Waals surface area contributed by atoms with Crippen molar-refractivity contribution in [3.05, 3.63) is 56.5 Å². The van der Waals surface area contributed by atoms with Crippen LogP contribution >= 0.6 is 31.9 Å². The van der Waals surface area contributed by atoms with Gasteiger partial charge >= 0.3 is 12.1 Å². The third kappa shape index (κ3) is 7.42. The molecule has 0 aliphatic carbocycles. The van der Waals surface area contributed by atoms with Crippen molar-refractivity contribution in [1.29, 1.82) is 0 Å². The number of rotatable bonds is 6. The molecule has 5 amide bonds. The van der Waals surface area contributed by atoms with Gasteiger partial charge < -0.3 is 35.2 Å². The van der Waals surface area contributed by atoms with Crippen LogP contribution in [0.2, 0.25) is 0 Å². The minimum Gasteiger partial charge on any atom is -0.506 e. The molecule has 6 rings (SSSR count). The Bertz CT molecular complexity index is 1380. The first kappa shape index (κ1) is 32.1. The molecule has 0 bridgehead atoms. The van der Waals surface area contributed by atoms with Gasteiger partial charge in [0.15, 0.2) is 0 Å². The van der Waals surface area contributed by atoms with Crippen LogP contribution in [-0.2, 0) is 22.5 Å². The fraction of sp³-hybridized carbons (Fsp3) is 0.531. The highest BCUT2D eigenvalue weighted by Crippen LogP contribution is 2.34. The van der Waals surface area contributed by atoms with Crippen molar-refractivity contribution in [3.63, 3.8) is 0 Å². The normalized spacial score (nSPS) is 20.8. The number of para-hydroxylation sites is 1. The molecule has 3 saturated heterocycles. The fourth-order valence-electron chi connectivity index (χ4n) is 6.92. The first-order valence-corrected chi connectivity index (χ1v) is 17.3. The van der Waals surface area contributed by atoms with Crippen LogP contribution in [0.5, 0.6) is 5.75 Å². The van der Waals surface area contributed by atoms with Crippen molar-refractivity contribution in [3.8, 4) is 5.75 Å². The monoisotopic (exact) mass is 746 g/mol. The number of phenolic OH excluding ortho intramolecular Hbond substituents is 1. The molecule has 4 aliphatic heterocycles. The Labute approximate surface area is 280 Å². The number of phenols is 1. The zero-order valence-corrected chi connectivity index (χ0v) is 28.4. The van der Waals surface area contributed by atoms with E-state index < -0.39 is 6.04 Å². The van der Waals surface area contributed by atoms with Gasteiger partial charge in [-0.1, -0.05) is 18.2 Å². The van der Waals surface area contributed by atoms with Gasteiger partial charge in [-0.3, -0.25) is 9.69 Å². The Morgan fingerprint density at radius 2 is 1.56 bits per heavy atom. The largest absolute Gasteiger partial charge is 0.506 e. The fourth-order valence-corrected chi connectivity index (χ4v) is 8.21. The number of nitrogens with one attached hydrogen (secondary N) is 2. The number of hydrogen-bond donors (Lipinski definition) is 3. The van der Waals surface area contributed by atoms with Gasteiger partial charge in [0, 0.05) is 70.0 Å². The minimum atomic E-state index is -0.761. The van der Waals surface area contributed by atoms with Gasteiger partial charge in [0.25, 0.3) is 0 Å². The van der Waals surface area contributed by atoms with Crippen LogP contribution in [0, 0.1) is 0 Å². The Morgan fingerprint density at radius 1 is 0.933 bits per heavy atom. The third-order valence-electron chi connectivity index (χ3n) is 9.50. The molecule has 0 aromatic heterocycles. The number of likely N-dealkylation sites (tertiary alicyclic amines) is 2. The molecule has 13 heteroatoms. The molecule has 0 saturated carbocycles. The van der Waals surface area contributed by atoms with E-state index in [0.717, 1.165) is 56.0 Å². The topological polar surface area (TPSA) is 118 Å². The molecule has 1 atom stereocenters. The standard InChI is InChI=1S/C32H40Br2N6O5/c33-25-17-21(18-26(34)29(25)41)19-28(30(42)38-9-5-23(6-10-38)37-13-15-45-16-14-37)36-31(43)39-11-7-24(8-12-39)40-20-22-3-1-2-4-27(22)35-32(40)44/h1-4,17-18,23-24,28,41H,5-16,19-20H2,(H,35,44)(H,36,43)/t28-/m1/s1. The van der Waals surface area contributed by atoms with Crippen molar-refractivity contribution >= 4 is 55.5 Å². The molecule has 4 heterocycles. The smallest absolute Gasteiger partial charge is 0.322 e. The predicted octanol–water partition coefficient (Wildman–Crippen LogP) is 4.37. The number of nitrogens with zero attached hydrogens (tertiary/aromatic N) is 4. The second-order valence-corrected chi connectivity index (χ2v) is 14.0. The van der Waals surface area contributed by atoms with E-state index in [1.165, 1.54) is 0 Å². The summed E-state index contributed by atoms with van der Waals surface area (Å²) in [5.74, 6) is -0.00719. The van der Waals surface area contributed by atoms with E-state index in [9.17, 15) is 19.5 Å². The molecule has 11 nitrogen and oxygen atoms in total. The summed E-state index contributed by atoms with van der Waals surface area (Å²) in [6, 6.07) is 10.7. The van der Waals surface area contributed by atoms with Gasteiger partial charge in [0.2, 0.25) is 5.91 Å². The van der Waals surface area contributed by atoms with Crippen molar-refractivity contribution in [1.82, 2.24) is 24.9 Å². The average Bonchev–Trinajstić information content (AvgIpc) is 3.06. The first-order valence-electron chi connectivity index (χ1n) is 15.7. The minimum absolute atomic E-state index is 0.0271. The quantitative estimate of drug-likeness (QED) is 0.404. The predicted molar refractivity (Wildman–Crippen MR) is 177 cm³/mol. The highest BCUT2D eigenvalue weighted by atomic mass is 79.9. The zero-order chi connectivity index (χ0) is 31.5. The van der Waals surface area contributed by atoms with E-state index in [0.29, 0.717) is 60.6 Å². The van der Waals surface area contributed by atoms with Crippen LogP contribution in [0.3, 0.4) is 0 Å². The van der Waals surface area contributed by atoms with Crippen LogP contribution in [0.15, 0.2) is 45.3 Å². The lowest BCUT2D eigenvalue weighted by atomic mass is 9.99. The van der Waals surface area contributed by atoms with E-state index >= 15 is 0 Å². The number of morpholine rings is 1. The van der Waals surface area contributed by atoms with Crippen molar-refractivity contribution in [2.75, 3.05) is 57.8 Å². The van der Waals surface area contributed by atoms with Crippen LogP contribution < -0.4 is 10.6 Å². The van der Waals surface area contributed by atoms with Gasteiger partial charge in [-0.25, -0.2) is 9.59 Å². The van der Waals surface area contributed by atoms with Crippen molar-refractivity contribution < 1.29 is 24.2 Å². The van der Waals surface area contributed by atoms with Gasteiger partial charge in [-0.05, 0) is 86.9 Å². The van der Waals surface area contributed by atoms with Crippen LogP contribution in [0.1, 0.15) is 36.8 Å². The Hall–Kier alpha value is -2.87. The number of aromatic hydroxyl groups is 1. The molecule has 4 aliphatic rings. The number of urea groups is 2. The summed E-state index contributed by atoms with van der Waals surface area (Å²) in [4.78, 5) is 48.4. The third-order valence-corrected chi connectivity index (χ3v) is 10.7. The molecular formula is C32H40Br2N6O5. The lowest BCUT2D eigenvalue weighted by molar-refractivity contribution is -0.135. The summed E-state index contributed by atoms with van der Waals surface area (Å²) in [6.45, 7) is 6.17. The highest BCUT2D eigenvalue weighted by Gasteiger charge is 2.35. The number of ether oxygens (including phenoxy) is 1. The molecule has 0 unspecified atom stereocenters. The molecule has 0 radical (unpaired) electrons. The second-order valence-electron chi connectivity index (χ2n) is 12.3. The second kappa shape index (κ2) is 14.3. The molecule has 242 valence electrons. The molecule has 3 fully saturated rings. The van der Waals surface area contributed by atoms with E-state index in [4.69, 9.17) is 4.74 Å². The van der Waals surface area contributed by atoms with Gasteiger partial charge in [-0.2, -0.15) is 0 Å². The summed E-state index contributed by atoms with van der Waals surface area (Å²) in [5, 5.41) is 16.3. The number of amides is 5. The van der Waals surface area contributed by atoms with Crippen molar-refractivity contribution in [2.45, 2.75) is 56.8 Å². The van der Waals surface area contributed by atoms with Gasteiger partial charge in [0.05, 0.1) is 22.2 Å².